The lowest BCUT2D eigenvalue weighted by molar-refractivity contribution is -0.153. The van der Waals surface area contributed by atoms with Crippen molar-refractivity contribution in [2.45, 2.75) is 125 Å². The molecule has 0 aromatic carbocycles. The average molecular weight is 530 g/mol. The second-order valence-electron chi connectivity index (χ2n) is 16.5. The maximum atomic E-state index is 5.06. The van der Waals surface area contributed by atoms with E-state index in [0.29, 0.717) is 16.7 Å². The summed E-state index contributed by atoms with van der Waals surface area (Å²) in [6.45, 7) is 20.7. The summed E-state index contributed by atoms with van der Waals surface area (Å²) >= 11 is 0. The molecule has 39 heavy (non-hydrogen) atoms. The molecule has 3 nitrogen and oxygen atoms in total. The molecule has 1 saturated heterocycles. The molecule has 1 aliphatic heterocycles. The van der Waals surface area contributed by atoms with E-state index >= 15 is 0 Å². The molecule has 3 saturated carbocycles. The van der Waals surface area contributed by atoms with Crippen LogP contribution in [0.4, 0.5) is 5.82 Å². The lowest BCUT2D eigenvalue weighted by Crippen LogP contribution is -2.64. The van der Waals surface area contributed by atoms with Crippen LogP contribution in [0.5, 0.6) is 0 Å². The molecule has 0 N–H and O–H groups in total. The van der Waals surface area contributed by atoms with Crippen LogP contribution >= 0.6 is 0 Å². The lowest BCUT2D eigenvalue weighted by Gasteiger charge is -2.70. The fraction of sp³-hybridized carbons (Fsp3) is 0.833. The molecule has 0 radical (unpaired) electrons. The van der Waals surface area contributed by atoms with Gasteiger partial charge in [-0.15, -0.1) is 0 Å². The molecule has 1 aromatic rings. The average Bonchev–Trinajstić information content (AvgIpc) is 2.91. The van der Waals surface area contributed by atoms with Gasteiger partial charge in [0.15, 0.2) is 0 Å². The normalized spacial score (nSPS) is 46.6. The topological polar surface area (TPSA) is 29.0 Å². The third-order valence-electron chi connectivity index (χ3n) is 14.7. The Morgan fingerprint density at radius 2 is 1.62 bits per heavy atom. The van der Waals surface area contributed by atoms with Gasteiger partial charge < -0.3 is 4.90 Å². The van der Waals surface area contributed by atoms with Gasteiger partial charge in [-0.25, -0.2) is 9.97 Å². The van der Waals surface area contributed by atoms with Gasteiger partial charge >= 0.3 is 0 Å². The molecule has 4 fully saturated rings. The maximum Gasteiger partial charge on any atom is 0.135 e. The minimum atomic E-state index is 0.0903. The summed E-state index contributed by atoms with van der Waals surface area (Å²) < 4.78 is 0. The first-order valence-electron chi connectivity index (χ1n) is 16.8. The molecule has 0 unspecified atom stereocenters. The van der Waals surface area contributed by atoms with Crippen LogP contribution in [0.1, 0.15) is 124 Å². The molecule has 9 atom stereocenters. The third kappa shape index (κ3) is 3.46. The SMILES string of the molecule is C[C@@H]1[C@H]2C3=CC[C@@H]4[C@@]5(C)Cc6c(N7CCCCC7)ncnc6C(C)(C)[C@@H]5CC[C@@]4(C)[C@]3(C)CC[C@@H]2CC[C@H]1C. The Morgan fingerprint density at radius 3 is 2.38 bits per heavy atom. The number of nitrogens with zero attached hydrogens (tertiary/aromatic N) is 3. The largest absolute Gasteiger partial charge is 0.356 e. The van der Waals surface area contributed by atoms with Crippen LogP contribution in [0, 0.1) is 51.8 Å². The molecule has 0 bridgehead atoms. The predicted octanol–water partition coefficient (Wildman–Crippen LogP) is 8.77. The highest BCUT2D eigenvalue weighted by atomic mass is 15.2. The molecule has 1 aromatic heterocycles. The van der Waals surface area contributed by atoms with Gasteiger partial charge in [0, 0.05) is 24.1 Å². The Morgan fingerprint density at radius 1 is 0.846 bits per heavy atom. The summed E-state index contributed by atoms with van der Waals surface area (Å²) in [5.41, 5.74) is 5.88. The minimum absolute atomic E-state index is 0.0903. The Bertz CT molecular complexity index is 1160. The number of fused-ring (bicyclic) bond motifs is 8. The van der Waals surface area contributed by atoms with Gasteiger partial charge in [0.1, 0.15) is 12.1 Å². The first-order chi connectivity index (χ1) is 18.5. The van der Waals surface area contributed by atoms with E-state index in [1.165, 1.54) is 87.7 Å². The first kappa shape index (κ1) is 26.5. The highest BCUT2D eigenvalue weighted by molar-refractivity contribution is 5.53. The summed E-state index contributed by atoms with van der Waals surface area (Å²) in [6, 6.07) is 0. The van der Waals surface area contributed by atoms with E-state index in [0.717, 1.165) is 42.7 Å². The predicted molar refractivity (Wildman–Crippen MR) is 162 cm³/mol. The zero-order chi connectivity index (χ0) is 27.4. The lowest BCUT2D eigenvalue weighted by atomic mass is 9.34. The van der Waals surface area contributed by atoms with Crippen molar-refractivity contribution in [1.29, 1.82) is 0 Å². The monoisotopic (exact) mass is 529 g/mol. The zero-order valence-corrected chi connectivity index (χ0v) is 26.2. The smallest absolute Gasteiger partial charge is 0.135 e. The van der Waals surface area contributed by atoms with Crippen molar-refractivity contribution >= 4 is 5.82 Å². The van der Waals surface area contributed by atoms with Crippen molar-refractivity contribution < 1.29 is 0 Å². The number of hydrogen-bond acceptors (Lipinski definition) is 3. The fourth-order valence-corrected chi connectivity index (χ4v) is 12.4. The zero-order valence-electron chi connectivity index (χ0n) is 26.2. The number of allylic oxidation sites excluding steroid dienone is 2. The summed E-state index contributed by atoms with van der Waals surface area (Å²) in [4.78, 5) is 12.7. The molecule has 3 heteroatoms. The highest BCUT2D eigenvalue weighted by Crippen LogP contribution is 2.74. The van der Waals surface area contributed by atoms with Gasteiger partial charge in [-0.1, -0.05) is 66.5 Å². The number of rotatable bonds is 1. The summed E-state index contributed by atoms with van der Waals surface area (Å²) in [6.07, 6.45) is 19.7. The van der Waals surface area contributed by atoms with Gasteiger partial charge in [-0.05, 0) is 116 Å². The molecule has 2 heterocycles. The first-order valence-corrected chi connectivity index (χ1v) is 16.8. The molecule has 0 spiro atoms. The molecule has 7 rings (SSSR count). The summed E-state index contributed by atoms with van der Waals surface area (Å²) in [5, 5.41) is 0. The van der Waals surface area contributed by atoms with Crippen molar-refractivity contribution in [2.75, 3.05) is 18.0 Å². The Labute approximate surface area is 239 Å². The van der Waals surface area contributed by atoms with Crippen LogP contribution in [-0.2, 0) is 11.8 Å². The van der Waals surface area contributed by atoms with E-state index in [-0.39, 0.29) is 10.8 Å². The van der Waals surface area contributed by atoms with Crippen molar-refractivity contribution in [3.63, 3.8) is 0 Å². The van der Waals surface area contributed by atoms with Crippen LogP contribution in [-0.4, -0.2) is 23.1 Å². The van der Waals surface area contributed by atoms with Crippen molar-refractivity contribution in [3.05, 3.63) is 29.2 Å². The minimum Gasteiger partial charge on any atom is -0.356 e. The number of anilines is 1. The van der Waals surface area contributed by atoms with E-state index in [2.05, 4.69) is 59.4 Å². The Hall–Kier alpha value is -1.38. The maximum absolute atomic E-state index is 5.06. The molecule has 6 aliphatic rings. The summed E-state index contributed by atoms with van der Waals surface area (Å²) in [7, 11) is 0. The standard InChI is InChI=1S/C36H55N3/c1-23-11-12-25-15-17-35(6)27(30(25)24(23)2)13-14-29-34(5)21-26-31(33(3,4)28(34)16-18-36(29,35)7)37-22-38-32(26)39-19-9-8-10-20-39/h13,22-25,28-30H,8-12,14-21H2,1-7H3/t23-,24+,25+,28+,29-,30-,34+,35-,36-/m1/s1. The molecular weight excluding hydrogens is 474 g/mol. The van der Waals surface area contributed by atoms with E-state index in [9.17, 15) is 0 Å². The molecular formula is C36H55N3. The summed E-state index contributed by atoms with van der Waals surface area (Å²) in [5.74, 6) is 6.17. The van der Waals surface area contributed by atoms with Crippen LogP contribution in [0.25, 0.3) is 0 Å². The van der Waals surface area contributed by atoms with Crippen molar-refractivity contribution in [2.24, 2.45) is 51.8 Å². The highest BCUT2D eigenvalue weighted by Gasteiger charge is 2.67. The van der Waals surface area contributed by atoms with Gasteiger partial charge in [0.25, 0.3) is 0 Å². The number of piperidine rings is 1. The van der Waals surface area contributed by atoms with Gasteiger partial charge in [-0.3, -0.25) is 0 Å². The van der Waals surface area contributed by atoms with Gasteiger partial charge in [-0.2, -0.15) is 0 Å². The van der Waals surface area contributed by atoms with E-state index in [1.54, 1.807) is 0 Å². The molecule has 5 aliphatic carbocycles. The van der Waals surface area contributed by atoms with Gasteiger partial charge in [0.05, 0.1) is 5.69 Å². The van der Waals surface area contributed by atoms with E-state index in [4.69, 9.17) is 9.97 Å². The van der Waals surface area contributed by atoms with Gasteiger partial charge in [0.2, 0.25) is 0 Å². The van der Waals surface area contributed by atoms with Crippen LogP contribution < -0.4 is 4.90 Å². The van der Waals surface area contributed by atoms with Crippen LogP contribution in [0.15, 0.2) is 18.0 Å². The molecule has 0 amide bonds. The third-order valence-corrected chi connectivity index (χ3v) is 14.7. The van der Waals surface area contributed by atoms with E-state index < -0.39 is 0 Å². The number of aromatic nitrogens is 2. The fourth-order valence-electron chi connectivity index (χ4n) is 12.4. The number of hydrogen-bond donors (Lipinski definition) is 0. The van der Waals surface area contributed by atoms with Crippen molar-refractivity contribution in [1.82, 2.24) is 9.97 Å². The Kier molecular flexibility index (Phi) is 5.99. The second-order valence-corrected chi connectivity index (χ2v) is 16.5. The van der Waals surface area contributed by atoms with Crippen LogP contribution in [0.3, 0.4) is 0 Å². The Balaban J connectivity index is 1.32. The second kappa shape index (κ2) is 8.81. The van der Waals surface area contributed by atoms with E-state index in [1.807, 2.05) is 11.9 Å². The van der Waals surface area contributed by atoms with Crippen LogP contribution in [0.2, 0.25) is 0 Å². The quantitative estimate of drug-likeness (QED) is 0.340. The molecule has 214 valence electrons. The van der Waals surface area contributed by atoms with Crippen molar-refractivity contribution in [3.8, 4) is 0 Å².